The predicted octanol–water partition coefficient (Wildman–Crippen LogP) is 2.80. The van der Waals surface area contributed by atoms with E-state index in [4.69, 9.17) is 17.3 Å². The van der Waals surface area contributed by atoms with Gasteiger partial charge in [0.25, 0.3) is 0 Å². The van der Waals surface area contributed by atoms with Gasteiger partial charge in [-0.25, -0.2) is 9.97 Å². The van der Waals surface area contributed by atoms with Gasteiger partial charge in [0.15, 0.2) is 0 Å². The Bertz CT molecular complexity index is 643. The number of rotatable bonds is 2. The van der Waals surface area contributed by atoms with E-state index in [1.807, 2.05) is 18.2 Å². The van der Waals surface area contributed by atoms with E-state index in [1.54, 1.807) is 0 Å². The van der Waals surface area contributed by atoms with Crippen LogP contribution in [0.15, 0.2) is 35.1 Å². The summed E-state index contributed by atoms with van der Waals surface area (Å²) >= 11 is 9.52. The Hall–Kier alpha value is -1.53. The molecular formula is C14H15BrClN5. The predicted molar refractivity (Wildman–Crippen MR) is 90.0 cm³/mol. The Morgan fingerprint density at radius 2 is 1.81 bits per heavy atom. The molecule has 1 aromatic carbocycles. The van der Waals surface area contributed by atoms with E-state index in [0.29, 0.717) is 5.82 Å². The van der Waals surface area contributed by atoms with Crippen molar-refractivity contribution in [3.63, 3.8) is 0 Å². The largest absolute Gasteiger partial charge is 0.383 e. The van der Waals surface area contributed by atoms with E-state index >= 15 is 0 Å². The number of nitrogens with two attached hydrogens (primary N) is 1. The summed E-state index contributed by atoms with van der Waals surface area (Å²) in [6.07, 6.45) is 1.50. The second kappa shape index (κ2) is 6.07. The van der Waals surface area contributed by atoms with Gasteiger partial charge in [-0.1, -0.05) is 17.7 Å². The van der Waals surface area contributed by atoms with Crippen molar-refractivity contribution in [1.82, 2.24) is 9.97 Å². The molecule has 0 amide bonds. The van der Waals surface area contributed by atoms with Gasteiger partial charge in [-0.15, -0.1) is 0 Å². The Morgan fingerprint density at radius 1 is 1.10 bits per heavy atom. The third-order valence-electron chi connectivity index (χ3n) is 3.55. The van der Waals surface area contributed by atoms with Crippen LogP contribution in [0.4, 0.5) is 17.3 Å². The number of anilines is 3. The lowest BCUT2D eigenvalue weighted by atomic mass is 10.2. The van der Waals surface area contributed by atoms with Crippen LogP contribution in [0.3, 0.4) is 0 Å². The summed E-state index contributed by atoms with van der Waals surface area (Å²) in [7, 11) is 0. The van der Waals surface area contributed by atoms with Crippen LogP contribution < -0.4 is 15.5 Å². The van der Waals surface area contributed by atoms with E-state index in [9.17, 15) is 0 Å². The number of hydrogen-bond acceptors (Lipinski definition) is 5. The maximum atomic E-state index is 6.05. The second-order valence-corrected chi connectivity index (χ2v) is 6.08. The summed E-state index contributed by atoms with van der Waals surface area (Å²) < 4.78 is 0.765. The molecule has 5 nitrogen and oxygen atoms in total. The summed E-state index contributed by atoms with van der Waals surface area (Å²) in [4.78, 5) is 12.8. The molecule has 0 aliphatic carbocycles. The first-order valence-electron chi connectivity index (χ1n) is 6.66. The van der Waals surface area contributed by atoms with Crippen molar-refractivity contribution >= 4 is 44.9 Å². The van der Waals surface area contributed by atoms with Crippen LogP contribution in [0.5, 0.6) is 0 Å². The highest BCUT2D eigenvalue weighted by Gasteiger charge is 2.21. The van der Waals surface area contributed by atoms with Crippen LogP contribution in [-0.2, 0) is 0 Å². The molecule has 1 saturated heterocycles. The van der Waals surface area contributed by atoms with Crippen molar-refractivity contribution in [3.05, 3.63) is 40.1 Å². The maximum absolute atomic E-state index is 6.05. The van der Waals surface area contributed by atoms with Crippen LogP contribution in [-0.4, -0.2) is 36.1 Å². The van der Waals surface area contributed by atoms with Gasteiger partial charge in [0.05, 0.1) is 0 Å². The molecule has 1 aromatic heterocycles. The number of halogens is 2. The quantitative estimate of drug-likeness (QED) is 0.883. The molecule has 110 valence electrons. The highest BCUT2D eigenvalue weighted by atomic mass is 79.9. The van der Waals surface area contributed by atoms with Crippen LogP contribution in [0.1, 0.15) is 0 Å². The summed E-state index contributed by atoms with van der Waals surface area (Å²) in [5.74, 6) is 1.32. The average Bonchev–Trinajstić information content (AvgIpc) is 2.50. The molecule has 2 aromatic rings. The third kappa shape index (κ3) is 3.06. The van der Waals surface area contributed by atoms with Crippen LogP contribution in [0, 0.1) is 0 Å². The van der Waals surface area contributed by atoms with Crippen molar-refractivity contribution in [2.45, 2.75) is 0 Å². The molecule has 1 aliphatic rings. The monoisotopic (exact) mass is 367 g/mol. The lowest BCUT2D eigenvalue weighted by molar-refractivity contribution is 0.646. The van der Waals surface area contributed by atoms with E-state index in [0.717, 1.165) is 47.2 Å². The smallest absolute Gasteiger partial charge is 0.148 e. The molecule has 21 heavy (non-hydrogen) atoms. The first-order valence-corrected chi connectivity index (χ1v) is 7.83. The highest BCUT2D eigenvalue weighted by Crippen LogP contribution is 2.29. The van der Waals surface area contributed by atoms with E-state index in [-0.39, 0.29) is 0 Å². The van der Waals surface area contributed by atoms with Crippen LogP contribution in [0.25, 0.3) is 0 Å². The SMILES string of the molecule is Nc1ncnc(N2CCN(c3cccc(Cl)c3)CC2)c1Br. The lowest BCUT2D eigenvalue weighted by Gasteiger charge is -2.37. The van der Waals surface area contributed by atoms with Gasteiger partial charge in [0.1, 0.15) is 22.4 Å². The Kier molecular flexibility index (Phi) is 4.17. The first-order chi connectivity index (χ1) is 10.1. The molecule has 1 aliphatic heterocycles. The molecule has 0 atom stereocenters. The molecule has 1 fully saturated rings. The van der Waals surface area contributed by atoms with Gasteiger partial charge >= 0.3 is 0 Å². The number of nitrogens with zero attached hydrogens (tertiary/aromatic N) is 4. The summed E-state index contributed by atoms with van der Waals surface area (Å²) in [6.45, 7) is 3.58. The van der Waals surface area contributed by atoms with Gasteiger partial charge in [0, 0.05) is 36.9 Å². The first kappa shape index (κ1) is 14.4. The fraction of sp³-hybridized carbons (Fsp3) is 0.286. The molecule has 0 saturated carbocycles. The van der Waals surface area contributed by atoms with Crippen molar-refractivity contribution in [3.8, 4) is 0 Å². The van der Waals surface area contributed by atoms with Crippen molar-refractivity contribution in [2.75, 3.05) is 41.7 Å². The standard InChI is InChI=1S/C14H15BrClN5/c15-12-13(17)18-9-19-14(12)21-6-4-20(5-7-21)11-3-1-2-10(16)8-11/h1-3,8-9H,4-7H2,(H2,17,18,19). The molecule has 0 bridgehead atoms. The fourth-order valence-electron chi connectivity index (χ4n) is 2.44. The fourth-order valence-corrected chi connectivity index (χ4v) is 3.08. The van der Waals surface area contributed by atoms with Gasteiger partial charge in [-0.3, -0.25) is 0 Å². The van der Waals surface area contributed by atoms with Crippen LogP contribution in [0.2, 0.25) is 5.02 Å². The average molecular weight is 369 g/mol. The second-order valence-electron chi connectivity index (χ2n) is 4.85. The van der Waals surface area contributed by atoms with Gasteiger partial charge in [-0.05, 0) is 34.1 Å². The zero-order valence-electron chi connectivity index (χ0n) is 11.3. The topological polar surface area (TPSA) is 58.3 Å². The van der Waals surface area contributed by atoms with Gasteiger partial charge < -0.3 is 15.5 Å². The van der Waals surface area contributed by atoms with E-state index in [2.05, 4.69) is 41.8 Å². The molecule has 2 heterocycles. The van der Waals surface area contributed by atoms with Crippen LogP contribution >= 0.6 is 27.5 Å². The van der Waals surface area contributed by atoms with Crippen molar-refractivity contribution in [1.29, 1.82) is 0 Å². The van der Waals surface area contributed by atoms with E-state index < -0.39 is 0 Å². The summed E-state index contributed by atoms with van der Waals surface area (Å²) in [5.41, 5.74) is 6.97. The van der Waals surface area contributed by atoms with Gasteiger partial charge in [0.2, 0.25) is 0 Å². The zero-order chi connectivity index (χ0) is 14.8. The van der Waals surface area contributed by atoms with Gasteiger partial charge in [-0.2, -0.15) is 0 Å². The Balaban J connectivity index is 1.72. The van der Waals surface area contributed by atoms with E-state index in [1.165, 1.54) is 6.33 Å². The van der Waals surface area contributed by atoms with Crippen molar-refractivity contribution < 1.29 is 0 Å². The number of aromatic nitrogens is 2. The summed E-state index contributed by atoms with van der Waals surface area (Å²) in [5, 5.41) is 0.765. The molecular weight excluding hydrogens is 354 g/mol. The molecule has 0 unspecified atom stereocenters. The minimum Gasteiger partial charge on any atom is -0.383 e. The molecule has 3 rings (SSSR count). The van der Waals surface area contributed by atoms with Crippen molar-refractivity contribution in [2.24, 2.45) is 0 Å². The maximum Gasteiger partial charge on any atom is 0.148 e. The molecule has 0 spiro atoms. The number of piperazine rings is 1. The Labute approximate surface area is 136 Å². The molecule has 0 radical (unpaired) electrons. The lowest BCUT2D eigenvalue weighted by Crippen LogP contribution is -2.47. The molecule has 2 N–H and O–H groups in total. The number of hydrogen-bond donors (Lipinski definition) is 1. The minimum absolute atomic E-state index is 0.470. The minimum atomic E-state index is 0.470. The Morgan fingerprint density at radius 3 is 2.52 bits per heavy atom. The third-order valence-corrected chi connectivity index (χ3v) is 4.55. The molecule has 7 heteroatoms. The number of nitrogen functional groups attached to an aromatic ring is 1. The zero-order valence-corrected chi connectivity index (χ0v) is 13.7. The number of benzene rings is 1. The highest BCUT2D eigenvalue weighted by molar-refractivity contribution is 9.10. The summed E-state index contributed by atoms with van der Waals surface area (Å²) in [6, 6.07) is 7.95. The normalized spacial score (nSPS) is 15.3.